The number of benzene rings is 2. The van der Waals surface area contributed by atoms with E-state index in [1.165, 1.54) is 0 Å². The van der Waals surface area contributed by atoms with Crippen LogP contribution in [0, 0.1) is 0 Å². The standard InChI is InChI=1S/C21H24BrNO3/c1-21(2,3)26-20(24)23-17(16-7-5-6-8-19(16)25-4)12-10-14-9-11-15(22)13-18(14)23/h5-9,11,13,17H,10,12H2,1-4H3. The lowest BCUT2D eigenvalue weighted by molar-refractivity contribution is 0.0559. The molecule has 1 heterocycles. The molecule has 26 heavy (non-hydrogen) atoms. The van der Waals surface area contributed by atoms with Crippen molar-refractivity contribution in [2.75, 3.05) is 12.0 Å². The zero-order valence-corrected chi connectivity index (χ0v) is 17.2. The van der Waals surface area contributed by atoms with E-state index in [1.807, 2.05) is 57.2 Å². The van der Waals surface area contributed by atoms with Gasteiger partial charge in [0.15, 0.2) is 0 Å². The normalized spacial score (nSPS) is 16.8. The Balaban J connectivity index is 2.10. The van der Waals surface area contributed by atoms with E-state index in [4.69, 9.17) is 9.47 Å². The van der Waals surface area contributed by atoms with Gasteiger partial charge in [-0.2, -0.15) is 0 Å². The van der Waals surface area contributed by atoms with Gasteiger partial charge in [-0.25, -0.2) is 4.79 Å². The van der Waals surface area contributed by atoms with Gasteiger partial charge >= 0.3 is 6.09 Å². The SMILES string of the molecule is COc1ccccc1C1CCc2ccc(Br)cc2N1C(=O)OC(C)(C)C. The molecule has 1 unspecified atom stereocenters. The predicted octanol–water partition coefficient (Wildman–Crippen LogP) is 5.89. The Morgan fingerprint density at radius 3 is 2.62 bits per heavy atom. The number of hydrogen-bond donors (Lipinski definition) is 0. The van der Waals surface area contributed by atoms with Gasteiger partial charge in [0, 0.05) is 10.0 Å². The first kappa shape index (κ1) is 18.8. The number of anilines is 1. The molecule has 3 rings (SSSR count). The summed E-state index contributed by atoms with van der Waals surface area (Å²) in [7, 11) is 1.66. The molecule has 1 amide bonds. The highest BCUT2D eigenvalue weighted by atomic mass is 79.9. The molecule has 0 aromatic heterocycles. The number of carbonyl (C=O) groups excluding carboxylic acids is 1. The summed E-state index contributed by atoms with van der Waals surface area (Å²) in [5.74, 6) is 0.782. The van der Waals surface area contributed by atoms with Crippen molar-refractivity contribution in [2.45, 2.75) is 45.3 Å². The molecule has 0 N–H and O–H groups in total. The number of rotatable bonds is 2. The fourth-order valence-corrected chi connectivity index (χ4v) is 3.68. The molecular weight excluding hydrogens is 394 g/mol. The number of para-hydroxylation sites is 1. The molecule has 1 aliphatic rings. The number of nitrogens with zero attached hydrogens (tertiary/aromatic N) is 1. The van der Waals surface area contributed by atoms with Crippen molar-refractivity contribution in [2.24, 2.45) is 0 Å². The maximum Gasteiger partial charge on any atom is 0.415 e. The van der Waals surface area contributed by atoms with Crippen LogP contribution in [0.4, 0.5) is 10.5 Å². The fourth-order valence-electron chi connectivity index (χ4n) is 3.33. The van der Waals surface area contributed by atoms with Crippen molar-refractivity contribution in [3.05, 3.63) is 58.1 Å². The summed E-state index contributed by atoms with van der Waals surface area (Å²) in [6, 6.07) is 13.8. The zero-order chi connectivity index (χ0) is 18.9. The third-order valence-corrected chi connectivity index (χ3v) is 4.89. The Morgan fingerprint density at radius 2 is 1.92 bits per heavy atom. The van der Waals surface area contributed by atoms with Gasteiger partial charge in [0.2, 0.25) is 0 Å². The Bertz CT molecular complexity index is 813. The number of halogens is 1. The summed E-state index contributed by atoms with van der Waals surface area (Å²) in [6.45, 7) is 5.65. The molecule has 0 fully saturated rings. The van der Waals surface area contributed by atoms with E-state index in [2.05, 4.69) is 22.0 Å². The summed E-state index contributed by atoms with van der Waals surface area (Å²) in [4.78, 5) is 14.9. The van der Waals surface area contributed by atoms with Crippen molar-refractivity contribution in [1.29, 1.82) is 0 Å². The topological polar surface area (TPSA) is 38.8 Å². The predicted molar refractivity (Wildman–Crippen MR) is 107 cm³/mol. The van der Waals surface area contributed by atoms with E-state index >= 15 is 0 Å². The van der Waals surface area contributed by atoms with Crippen LogP contribution in [-0.4, -0.2) is 18.8 Å². The zero-order valence-electron chi connectivity index (χ0n) is 15.6. The second kappa shape index (κ2) is 7.31. The van der Waals surface area contributed by atoms with E-state index in [1.54, 1.807) is 12.0 Å². The summed E-state index contributed by atoms with van der Waals surface area (Å²) < 4.78 is 12.2. The number of aryl methyl sites for hydroxylation is 1. The molecule has 0 aliphatic carbocycles. The van der Waals surface area contributed by atoms with Crippen LogP contribution in [0.2, 0.25) is 0 Å². The number of hydrogen-bond acceptors (Lipinski definition) is 3. The van der Waals surface area contributed by atoms with Crippen LogP contribution >= 0.6 is 15.9 Å². The molecule has 138 valence electrons. The van der Waals surface area contributed by atoms with Crippen molar-refractivity contribution in [3.63, 3.8) is 0 Å². The number of carbonyl (C=O) groups is 1. The molecule has 1 atom stereocenters. The molecule has 2 aromatic rings. The smallest absolute Gasteiger partial charge is 0.415 e. The molecule has 1 aliphatic heterocycles. The number of fused-ring (bicyclic) bond motifs is 1. The van der Waals surface area contributed by atoms with Gasteiger partial charge in [0.25, 0.3) is 0 Å². The number of methoxy groups -OCH3 is 1. The largest absolute Gasteiger partial charge is 0.496 e. The van der Waals surface area contributed by atoms with Crippen LogP contribution in [0.5, 0.6) is 5.75 Å². The van der Waals surface area contributed by atoms with Crippen molar-refractivity contribution in [3.8, 4) is 5.75 Å². The van der Waals surface area contributed by atoms with Crippen molar-refractivity contribution >= 4 is 27.7 Å². The highest BCUT2D eigenvalue weighted by Crippen LogP contribution is 2.43. The maximum absolute atomic E-state index is 13.1. The molecule has 0 radical (unpaired) electrons. The molecular formula is C21H24BrNO3. The summed E-state index contributed by atoms with van der Waals surface area (Å²) >= 11 is 3.53. The van der Waals surface area contributed by atoms with Crippen LogP contribution < -0.4 is 9.64 Å². The Labute approximate surface area is 163 Å². The second-order valence-corrected chi connectivity index (χ2v) is 8.34. The average molecular weight is 418 g/mol. The lowest BCUT2D eigenvalue weighted by Gasteiger charge is -2.38. The molecule has 4 nitrogen and oxygen atoms in total. The van der Waals surface area contributed by atoms with Gasteiger partial charge in [-0.05, 0) is 57.4 Å². The first-order valence-electron chi connectivity index (χ1n) is 8.74. The molecule has 2 aromatic carbocycles. The minimum Gasteiger partial charge on any atom is -0.496 e. The molecule has 0 bridgehead atoms. The number of ether oxygens (including phenoxy) is 2. The summed E-state index contributed by atoms with van der Waals surface area (Å²) in [5, 5.41) is 0. The average Bonchev–Trinajstić information content (AvgIpc) is 2.59. The third kappa shape index (κ3) is 3.88. The van der Waals surface area contributed by atoms with Crippen LogP contribution in [-0.2, 0) is 11.2 Å². The Morgan fingerprint density at radius 1 is 1.19 bits per heavy atom. The Kier molecular flexibility index (Phi) is 5.28. The molecule has 5 heteroatoms. The minimum atomic E-state index is -0.563. The van der Waals surface area contributed by atoms with Crippen molar-refractivity contribution < 1.29 is 14.3 Å². The van der Waals surface area contributed by atoms with E-state index in [9.17, 15) is 4.79 Å². The number of amides is 1. The van der Waals surface area contributed by atoms with Gasteiger partial charge in [0.1, 0.15) is 11.4 Å². The lowest BCUT2D eigenvalue weighted by Crippen LogP contribution is -2.42. The first-order chi connectivity index (χ1) is 12.3. The highest BCUT2D eigenvalue weighted by molar-refractivity contribution is 9.10. The fraction of sp³-hybridized carbons (Fsp3) is 0.381. The van der Waals surface area contributed by atoms with E-state index < -0.39 is 5.60 Å². The van der Waals surface area contributed by atoms with Crippen LogP contribution in [0.15, 0.2) is 46.9 Å². The second-order valence-electron chi connectivity index (χ2n) is 7.42. The highest BCUT2D eigenvalue weighted by Gasteiger charge is 2.36. The van der Waals surface area contributed by atoms with Gasteiger partial charge in [-0.3, -0.25) is 4.90 Å². The van der Waals surface area contributed by atoms with E-state index in [-0.39, 0.29) is 12.1 Å². The molecule has 0 saturated heterocycles. The summed E-state index contributed by atoms with van der Waals surface area (Å²) in [5.41, 5.74) is 2.46. The minimum absolute atomic E-state index is 0.136. The van der Waals surface area contributed by atoms with E-state index in [0.29, 0.717) is 0 Å². The van der Waals surface area contributed by atoms with Crippen LogP contribution in [0.25, 0.3) is 0 Å². The van der Waals surface area contributed by atoms with E-state index in [0.717, 1.165) is 39.9 Å². The molecule has 0 spiro atoms. The monoisotopic (exact) mass is 417 g/mol. The van der Waals surface area contributed by atoms with Crippen molar-refractivity contribution in [1.82, 2.24) is 0 Å². The van der Waals surface area contributed by atoms with Gasteiger partial charge < -0.3 is 9.47 Å². The van der Waals surface area contributed by atoms with Gasteiger partial charge in [-0.1, -0.05) is 40.2 Å². The lowest BCUT2D eigenvalue weighted by atomic mass is 9.91. The van der Waals surface area contributed by atoms with Gasteiger partial charge in [-0.15, -0.1) is 0 Å². The Hall–Kier alpha value is -2.01. The molecule has 0 saturated carbocycles. The first-order valence-corrected chi connectivity index (χ1v) is 9.53. The summed E-state index contributed by atoms with van der Waals surface area (Å²) in [6.07, 6.45) is 1.37. The quantitative estimate of drug-likeness (QED) is 0.611. The maximum atomic E-state index is 13.1. The van der Waals surface area contributed by atoms with Crippen LogP contribution in [0.3, 0.4) is 0 Å². The van der Waals surface area contributed by atoms with Crippen LogP contribution in [0.1, 0.15) is 44.4 Å². The van der Waals surface area contributed by atoms with Gasteiger partial charge in [0.05, 0.1) is 18.8 Å². The third-order valence-electron chi connectivity index (χ3n) is 4.39.